The van der Waals surface area contributed by atoms with Gasteiger partial charge in [-0.2, -0.15) is 5.10 Å². The number of hydrogen-bond donors (Lipinski definition) is 1. The molecule has 8 heteroatoms. The first-order valence-electron chi connectivity index (χ1n) is 13.3. The zero-order valence-electron chi connectivity index (χ0n) is 21.9. The molecule has 1 aromatic heterocycles. The number of nitrogens with one attached hydrogen (secondary N) is 1. The van der Waals surface area contributed by atoms with Crippen LogP contribution in [0.15, 0.2) is 72.8 Å². The Morgan fingerprint density at radius 2 is 1.74 bits per heavy atom. The lowest BCUT2D eigenvalue weighted by Crippen LogP contribution is -2.42. The summed E-state index contributed by atoms with van der Waals surface area (Å²) < 4.78 is 11.5. The third-order valence-corrected chi connectivity index (χ3v) is 7.87. The van der Waals surface area contributed by atoms with E-state index in [-0.39, 0.29) is 11.9 Å². The molecule has 0 aliphatic carbocycles. The number of carbonyl (C=O) groups excluding carboxylic acids is 1. The van der Waals surface area contributed by atoms with Crippen LogP contribution in [0.5, 0.6) is 5.75 Å². The molecule has 1 saturated heterocycles. The molecule has 0 bridgehead atoms. The summed E-state index contributed by atoms with van der Waals surface area (Å²) >= 11 is 6.29. The van der Waals surface area contributed by atoms with E-state index in [2.05, 4.69) is 46.3 Å². The van der Waals surface area contributed by atoms with Crippen LogP contribution >= 0.6 is 11.6 Å². The monoisotopic (exact) mass is 542 g/mol. The van der Waals surface area contributed by atoms with E-state index in [1.165, 1.54) is 5.56 Å². The van der Waals surface area contributed by atoms with E-state index in [9.17, 15) is 4.79 Å². The molecular formula is C31H31ClN4O3. The Bertz CT molecular complexity index is 1450. The smallest absolute Gasteiger partial charge is 0.273 e. The molecule has 0 saturated carbocycles. The number of benzene rings is 3. The summed E-state index contributed by atoms with van der Waals surface area (Å²) in [6, 6.07) is 23.7. The average Bonchev–Trinajstić information content (AvgIpc) is 3.51. The van der Waals surface area contributed by atoms with Gasteiger partial charge in [-0.25, -0.2) is 0 Å². The van der Waals surface area contributed by atoms with Gasteiger partial charge in [0.15, 0.2) is 0 Å². The van der Waals surface area contributed by atoms with Crippen LogP contribution in [0, 0.1) is 6.92 Å². The second-order valence-electron chi connectivity index (χ2n) is 10.0. The summed E-state index contributed by atoms with van der Waals surface area (Å²) in [5.74, 6) is 0.724. The summed E-state index contributed by atoms with van der Waals surface area (Å²) in [6.07, 6.45) is 0. The Morgan fingerprint density at radius 3 is 2.49 bits per heavy atom. The standard InChI is InChI=1S/C31H31ClN4O3/c1-21-6-8-22(9-7-21)28-27-29(34-33-28)31(37)36(15-14-35-16-18-38-19-17-35)30(27)23-10-12-25(13-11-23)39-20-24-4-2-3-5-26(24)32/h2-13,30H,14-20H2,1H3,(H,33,34). The van der Waals surface area contributed by atoms with Crippen LogP contribution < -0.4 is 4.74 Å². The number of fused-ring (bicyclic) bond motifs is 1. The maximum Gasteiger partial charge on any atom is 0.273 e. The van der Waals surface area contributed by atoms with Gasteiger partial charge in [0.05, 0.1) is 24.9 Å². The Kier molecular flexibility index (Phi) is 7.37. The maximum absolute atomic E-state index is 13.7. The highest BCUT2D eigenvalue weighted by molar-refractivity contribution is 6.31. The predicted octanol–water partition coefficient (Wildman–Crippen LogP) is 5.49. The number of halogens is 1. The molecule has 3 heterocycles. The van der Waals surface area contributed by atoms with Crippen LogP contribution in [0.25, 0.3) is 11.3 Å². The van der Waals surface area contributed by atoms with Gasteiger partial charge in [0.1, 0.15) is 18.1 Å². The molecule has 7 nitrogen and oxygen atoms in total. The number of aryl methyl sites for hydroxylation is 1. The largest absolute Gasteiger partial charge is 0.489 e. The minimum absolute atomic E-state index is 0.0202. The van der Waals surface area contributed by atoms with Gasteiger partial charge in [0, 0.05) is 47.9 Å². The molecule has 4 aromatic rings. The van der Waals surface area contributed by atoms with Gasteiger partial charge in [0.2, 0.25) is 0 Å². The quantitative estimate of drug-likeness (QED) is 0.318. The number of amides is 1. The number of H-pyrrole nitrogens is 1. The van der Waals surface area contributed by atoms with E-state index in [1.54, 1.807) is 0 Å². The third kappa shape index (κ3) is 5.30. The number of nitrogens with zero attached hydrogens (tertiary/aromatic N) is 3. The van der Waals surface area contributed by atoms with E-state index < -0.39 is 0 Å². The fraction of sp³-hybridized carbons (Fsp3) is 0.290. The number of ether oxygens (including phenoxy) is 2. The van der Waals surface area contributed by atoms with Crippen LogP contribution in [-0.2, 0) is 11.3 Å². The molecule has 39 heavy (non-hydrogen) atoms. The topological polar surface area (TPSA) is 70.7 Å². The Labute approximate surface area is 233 Å². The van der Waals surface area contributed by atoms with Gasteiger partial charge in [0.25, 0.3) is 5.91 Å². The van der Waals surface area contributed by atoms with Crippen molar-refractivity contribution in [2.24, 2.45) is 0 Å². The molecule has 2 aliphatic rings. The Balaban J connectivity index is 1.29. The Morgan fingerprint density at radius 1 is 1.00 bits per heavy atom. The normalized spacial score (nSPS) is 17.4. The van der Waals surface area contributed by atoms with Crippen molar-refractivity contribution in [3.8, 4) is 17.0 Å². The number of hydrogen-bond acceptors (Lipinski definition) is 5. The van der Waals surface area contributed by atoms with Gasteiger partial charge in [-0.3, -0.25) is 14.8 Å². The second-order valence-corrected chi connectivity index (χ2v) is 10.4. The van der Waals surface area contributed by atoms with Crippen LogP contribution in [0.2, 0.25) is 5.02 Å². The molecule has 1 unspecified atom stereocenters. The minimum atomic E-state index is -0.249. The van der Waals surface area contributed by atoms with Gasteiger partial charge in [-0.05, 0) is 30.7 Å². The first-order chi connectivity index (χ1) is 19.1. The molecule has 1 fully saturated rings. The van der Waals surface area contributed by atoms with E-state index >= 15 is 0 Å². The number of carbonyl (C=O) groups is 1. The molecule has 1 atom stereocenters. The summed E-state index contributed by atoms with van der Waals surface area (Å²) in [4.78, 5) is 18.0. The van der Waals surface area contributed by atoms with Crippen molar-refractivity contribution in [3.05, 3.63) is 106 Å². The predicted molar refractivity (Wildman–Crippen MR) is 151 cm³/mol. The fourth-order valence-electron chi connectivity index (χ4n) is 5.30. The first-order valence-corrected chi connectivity index (χ1v) is 13.7. The lowest BCUT2D eigenvalue weighted by molar-refractivity contribution is 0.0316. The van der Waals surface area contributed by atoms with E-state index in [1.807, 2.05) is 53.4 Å². The fourth-order valence-corrected chi connectivity index (χ4v) is 5.49. The zero-order chi connectivity index (χ0) is 26.8. The number of aromatic amines is 1. The minimum Gasteiger partial charge on any atom is -0.489 e. The number of aromatic nitrogens is 2. The third-order valence-electron chi connectivity index (χ3n) is 7.50. The van der Waals surface area contributed by atoms with Crippen molar-refractivity contribution < 1.29 is 14.3 Å². The van der Waals surface area contributed by atoms with Crippen molar-refractivity contribution in [1.29, 1.82) is 0 Å². The van der Waals surface area contributed by atoms with E-state index in [4.69, 9.17) is 21.1 Å². The van der Waals surface area contributed by atoms with Crippen molar-refractivity contribution in [2.75, 3.05) is 39.4 Å². The SMILES string of the molecule is Cc1ccc(-c2n[nH]c3c2C(c2ccc(OCc4ccccc4Cl)cc2)N(CCN2CCOCC2)C3=O)cc1. The molecule has 200 valence electrons. The van der Waals surface area contributed by atoms with Gasteiger partial charge in [-0.15, -0.1) is 0 Å². The highest BCUT2D eigenvalue weighted by Gasteiger charge is 2.42. The number of morpholine rings is 1. The van der Waals surface area contributed by atoms with Crippen molar-refractivity contribution in [3.63, 3.8) is 0 Å². The molecule has 6 rings (SSSR count). The zero-order valence-corrected chi connectivity index (χ0v) is 22.7. The summed E-state index contributed by atoms with van der Waals surface area (Å²) in [5, 5.41) is 8.35. The molecule has 1 N–H and O–H groups in total. The maximum atomic E-state index is 13.7. The van der Waals surface area contributed by atoms with Crippen molar-refractivity contribution >= 4 is 17.5 Å². The van der Waals surface area contributed by atoms with Gasteiger partial charge < -0.3 is 14.4 Å². The molecule has 3 aromatic carbocycles. The van der Waals surface area contributed by atoms with Crippen LogP contribution in [0.3, 0.4) is 0 Å². The lowest BCUT2D eigenvalue weighted by Gasteiger charge is -2.31. The first kappa shape index (κ1) is 25.6. The summed E-state index contributed by atoms with van der Waals surface area (Å²) in [5.41, 5.74) is 6.43. The highest BCUT2D eigenvalue weighted by atomic mass is 35.5. The van der Waals surface area contributed by atoms with Gasteiger partial charge in [-0.1, -0.05) is 71.8 Å². The number of rotatable bonds is 8. The van der Waals surface area contributed by atoms with Gasteiger partial charge >= 0.3 is 0 Å². The van der Waals surface area contributed by atoms with E-state index in [0.29, 0.717) is 23.9 Å². The van der Waals surface area contributed by atoms with Crippen molar-refractivity contribution in [2.45, 2.75) is 19.6 Å². The molecule has 0 radical (unpaired) electrons. The molecule has 2 aliphatic heterocycles. The summed E-state index contributed by atoms with van der Waals surface area (Å²) in [6.45, 7) is 7.08. The highest BCUT2D eigenvalue weighted by Crippen LogP contribution is 2.43. The summed E-state index contributed by atoms with van der Waals surface area (Å²) in [7, 11) is 0. The van der Waals surface area contributed by atoms with E-state index in [0.717, 1.165) is 66.5 Å². The lowest BCUT2D eigenvalue weighted by atomic mass is 9.95. The Hall–Kier alpha value is -3.65. The molecule has 0 spiro atoms. The average molecular weight is 543 g/mol. The molecule has 1 amide bonds. The molecular weight excluding hydrogens is 512 g/mol. The van der Waals surface area contributed by atoms with Crippen LogP contribution in [0.1, 0.15) is 38.8 Å². The van der Waals surface area contributed by atoms with Crippen LogP contribution in [-0.4, -0.2) is 65.3 Å². The second kappa shape index (κ2) is 11.2. The van der Waals surface area contributed by atoms with Crippen LogP contribution in [0.4, 0.5) is 0 Å². The van der Waals surface area contributed by atoms with Crippen molar-refractivity contribution in [1.82, 2.24) is 20.0 Å².